The maximum atomic E-state index is 13.8. The average Bonchev–Trinajstić information content (AvgIpc) is 3.36. The third kappa shape index (κ3) is 5.13. The van der Waals surface area contributed by atoms with Gasteiger partial charge < -0.3 is 25.4 Å². The largest absolute Gasteiger partial charge is 0.489 e. The van der Waals surface area contributed by atoms with Gasteiger partial charge in [0.1, 0.15) is 35.7 Å². The second-order valence-corrected chi connectivity index (χ2v) is 7.67. The topological polar surface area (TPSA) is 102 Å². The minimum atomic E-state index is -1.35. The summed E-state index contributed by atoms with van der Waals surface area (Å²) in [5.41, 5.74) is 0.502. The Bertz CT molecular complexity index is 1250. The molecule has 1 aromatic heterocycles. The number of amides is 3. The molecule has 8 nitrogen and oxygen atoms in total. The van der Waals surface area contributed by atoms with Crippen molar-refractivity contribution in [2.24, 2.45) is 5.92 Å². The molecule has 1 saturated carbocycles. The molecule has 11 heteroatoms. The predicted molar refractivity (Wildman–Crippen MR) is 120 cm³/mol. The number of halogens is 3. The molecule has 2 aromatic rings. The van der Waals surface area contributed by atoms with Crippen molar-refractivity contribution in [3.63, 3.8) is 0 Å². The number of carbonyl (C=O) groups excluding carboxylic acids is 2. The van der Waals surface area contributed by atoms with E-state index in [1.807, 2.05) is 0 Å². The van der Waals surface area contributed by atoms with Crippen molar-refractivity contribution in [2.45, 2.75) is 12.1 Å². The fourth-order valence-corrected chi connectivity index (χ4v) is 3.74. The van der Waals surface area contributed by atoms with Gasteiger partial charge in [0.25, 0.3) is 5.91 Å². The Morgan fingerprint density at radius 1 is 1.20 bits per heavy atom. The van der Waals surface area contributed by atoms with E-state index >= 15 is 0 Å². The molecule has 3 amide bonds. The molecule has 1 aliphatic carbocycles. The Balaban J connectivity index is 1.40. The van der Waals surface area contributed by atoms with Crippen LogP contribution in [0.4, 0.5) is 23.7 Å². The van der Waals surface area contributed by atoms with Crippen LogP contribution in [0.1, 0.15) is 10.5 Å². The molecule has 1 saturated heterocycles. The summed E-state index contributed by atoms with van der Waals surface area (Å²) in [6, 6.07) is 2.83. The molecule has 4 rings (SSSR count). The molecule has 0 bridgehead atoms. The van der Waals surface area contributed by atoms with Crippen LogP contribution in [0.5, 0.6) is 5.75 Å². The molecule has 3 N–H and O–H groups in total. The van der Waals surface area contributed by atoms with Gasteiger partial charge in [-0.3, -0.25) is 9.78 Å². The van der Waals surface area contributed by atoms with E-state index < -0.39 is 35.2 Å². The Labute approximate surface area is 198 Å². The van der Waals surface area contributed by atoms with Gasteiger partial charge >= 0.3 is 6.03 Å². The zero-order valence-corrected chi connectivity index (χ0v) is 18.5. The van der Waals surface area contributed by atoms with Crippen molar-refractivity contribution >= 4 is 17.6 Å². The van der Waals surface area contributed by atoms with Gasteiger partial charge in [-0.05, 0) is 18.2 Å². The van der Waals surface area contributed by atoms with E-state index in [1.54, 1.807) is 24.3 Å². The zero-order chi connectivity index (χ0) is 25.1. The summed E-state index contributed by atoms with van der Waals surface area (Å²) in [5.74, 6) is -3.25. The van der Waals surface area contributed by atoms with Gasteiger partial charge in [-0.1, -0.05) is 12.7 Å². The van der Waals surface area contributed by atoms with Gasteiger partial charge in [-0.15, -0.1) is 0 Å². The lowest BCUT2D eigenvalue weighted by Crippen LogP contribution is -2.34. The highest BCUT2D eigenvalue weighted by atomic mass is 19.2. The summed E-state index contributed by atoms with van der Waals surface area (Å²) >= 11 is 0. The lowest BCUT2D eigenvalue weighted by molar-refractivity contribution is 0.0957. The molecule has 0 radical (unpaired) electrons. The van der Waals surface area contributed by atoms with Crippen LogP contribution in [0.2, 0.25) is 0 Å². The number of rotatable bonds is 7. The van der Waals surface area contributed by atoms with E-state index in [0.29, 0.717) is 23.6 Å². The number of benzene rings is 1. The maximum absolute atomic E-state index is 13.8. The van der Waals surface area contributed by atoms with Crippen LogP contribution in [0.25, 0.3) is 0 Å². The molecule has 1 aromatic carbocycles. The number of pyridine rings is 1. The van der Waals surface area contributed by atoms with Crippen LogP contribution in [0.15, 0.2) is 66.6 Å². The van der Waals surface area contributed by atoms with Crippen molar-refractivity contribution in [3.05, 3.63) is 89.7 Å². The van der Waals surface area contributed by atoms with Gasteiger partial charge in [0.2, 0.25) is 0 Å². The van der Waals surface area contributed by atoms with Crippen molar-refractivity contribution in [1.82, 2.24) is 15.6 Å². The number of aromatic nitrogens is 1. The first kappa shape index (κ1) is 23.9. The predicted octanol–water partition coefficient (Wildman–Crippen LogP) is 3.45. The van der Waals surface area contributed by atoms with E-state index in [-0.39, 0.29) is 30.2 Å². The summed E-state index contributed by atoms with van der Waals surface area (Å²) in [6.45, 7) is 3.81. The standard InChI is InChI=1S/C24H21F3N4O4/c1-3-4-19-13(6-8-34-12-5-7-29-18(9-12)23(32)28-2)20-21(22(20)35-19)31-24(33)30-17-11-15(26)14(25)10-16(17)27/h3-7,9-11,20-22H,1,8H2,2H3,(H,28,32)(H2,30,31,33)/b13-6+,19-4+/t20-,21+,22-/m0/s1. The summed E-state index contributed by atoms with van der Waals surface area (Å²) in [5, 5.41) is 7.31. The molecule has 0 spiro atoms. The Hall–Kier alpha value is -4.28. The van der Waals surface area contributed by atoms with Crippen LogP contribution in [0, 0.1) is 23.4 Å². The number of carbonyl (C=O) groups is 2. The number of ether oxygens (including phenoxy) is 2. The second-order valence-electron chi connectivity index (χ2n) is 7.67. The fraction of sp³-hybridized carbons (Fsp3) is 0.208. The Kier molecular flexibility index (Phi) is 6.76. The molecule has 2 aliphatic rings. The molecule has 2 heterocycles. The number of fused-ring (bicyclic) bond motifs is 1. The van der Waals surface area contributed by atoms with E-state index in [0.717, 1.165) is 5.57 Å². The van der Waals surface area contributed by atoms with Crippen LogP contribution >= 0.6 is 0 Å². The van der Waals surface area contributed by atoms with Gasteiger partial charge in [0, 0.05) is 37.0 Å². The second kappa shape index (κ2) is 9.92. The van der Waals surface area contributed by atoms with Crippen molar-refractivity contribution in [1.29, 1.82) is 0 Å². The Morgan fingerprint density at radius 2 is 1.97 bits per heavy atom. The van der Waals surface area contributed by atoms with Crippen molar-refractivity contribution < 1.29 is 32.2 Å². The lowest BCUT2D eigenvalue weighted by atomic mass is 10.1. The first-order chi connectivity index (χ1) is 16.8. The summed E-state index contributed by atoms with van der Waals surface area (Å²) in [4.78, 5) is 28.0. The minimum Gasteiger partial charge on any atom is -0.489 e. The first-order valence-corrected chi connectivity index (χ1v) is 10.5. The molecular formula is C24H21F3N4O4. The fourth-order valence-electron chi connectivity index (χ4n) is 3.74. The van der Waals surface area contributed by atoms with Crippen LogP contribution in [-0.2, 0) is 4.74 Å². The number of urea groups is 1. The van der Waals surface area contributed by atoms with Gasteiger partial charge in [0.15, 0.2) is 11.6 Å². The zero-order valence-electron chi connectivity index (χ0n) is 18.5. The molecule has 1 aliphatic heterocycles. The normalized spacial score (nSPS) is 22.2. The highest BCUT2D eigenvalue weighted by molar-refractivity contribution is 5.92. The van der Waals surface area contributed by atoms with E-state index in [1.165, 1.54) is 19.3 Å². The lowest BCUT2D eigenvalue weighted by Gasteiger charge is -2.13. The average molecular weight is 486 g/mol. The number of allylic oxidation sites excluding steroid dienone is 3. The third-order valence-electron chi connectivity index (χ3n) is 5.43. The maximum Gasteiger partial charge on any atom is 0.319 e. The van der Waals surface area contributed by atoms with Gasteiger partial charge in [-0.2, -0.15) is 0 Å². The number of hydrogen-bond acceptors (Lipinski definition) is 5. The van der Waals surface area contributed by atoms with Crippen LogP contribution in [-0.4, -0.2) is 42.7 Å². The van der Waals surface area contributed by atoms with Gasteiger partial charge in [0.05, 0.1) is 17.6 Å². The number of nitrogens with zero attached hydrogens (tertiary/aromatic N) is 1. The quantitative estimate of drug-likeness (QED) is 0.521. The van der Waals surface area contributed by atoms with Crippen LogP contribution < -0.4 is 20.7 Å². The monoisotopic (exact) mass is 486 g/mol. The summed E-state index contributed by atoms with van der Waals surface area (Å²) < 4.78 is 51.8. The highest BCUT2D eigenvalue weighted by Crippen LogP contribution is 2.51. The minimum absolute atomic E-state index is 0.145. The summed E-state index contributed by atoms with van der Waals surface area (Å²) in [6.07, 6.45) is 6.14. The number of nitrogens with one attached hydrogen (secondary N) is 3. The van der Waals surface area contributed by atoms with E-state index in [4.69, 9.17) is 9.47 Å². The van der Waals surface area contributed by atoms with E-state index in [9.17, 15) is 22.8 Å². The molecule has 182 valence electrons. The van der Waals surface area contributed by atoms with Crippen molar-refractivity contribution in [2.75, 3.05) is 19.0 Å². The van der Waals surface area contributed by atoms with Crippen molar-refractivity contribution in [3.8, 4) is 5.75 Å². The number of hydrogen-bond donors (Lipinski definition) is 3. The third-order valence-corrected chi connectivity index (χ3v) is 5.43. The number of anilines is 1. The Morgan fingerprint density at radius 3 is 2.71 bits per heavy atom. The van der Waals surface area contributed by atoms with E-state index in [2.05, 4.69) is 27.5 Å². The van der Waals surface area contributed by atoms with Crippen LogP contribution in [0.3, 0.4) is 0 Å². The highest BCUT2D eigenvalue weighted by Gasteiger charge is 2.61. The molecule has 2 fully saturated rings. The molecule has 0 unspecified atom stereocenters. The summed E-state index contributed by atoms with van der Waals surface area (Å²) in [7, 11) is 1.50. The van der Waals surface area contributed by atoms with Gasteiger partial charge in [-0.25, -0.2) is 18.0 Å². The SMILES string of the molecule is C=C/C=C1/O[C@@H]2[C@H](NC(=O)Nc3cc(F)c(F)cc3F)[C@@H]2/C1=C/COc1ccnc(C(=O)NC)c1. The molecular weight excluding hydrogens is 465 g/mol. The molecule has 35 heavy (non-hydrogen) atoms. The smallest absolute Gasteiger partial charge is 0.319 e. The molecule has 3 atom stereocenters. The first-order valence-electron chi connectivity index (χ1n) is 10.5.